The molecule has 0 unspecified atom stereocenters. The summed E-state index contributed by atoms with van der Waals surface area (Å²) in [5.74, 6) is 0.371. The largest absolute Gasteiger partial charge is 0.494 e. The zero-order valence-electron chi connectivity index (χ0n) is 11.1. The number of nitrogens with zero attached hydrogens (tertiary/aromatic N) is 1. The van der Waals surface area contributed by atoms with Crippen LogP contribution in [0.15, 0.2) is 36.4 Å². The number of methoxy groups -OCH3 is 1. The topological polar surface area (TPSA) is 29.9 Å². The van der Waals surface area contributed by atoms with Crippen LogP contribution in [0.5, 0.6) is 5.75 Å². The van der Waals surface area contributed by atoms with Crippen molar-refractivity contribution in [1.29, 1.82) is 0 Å². The van der Waals surface area contributed by atoms with Gasteiger partial charge >= 0.3 is 0 Å². The van der Waals surface area contributed by atoms with E-state index in [0.29, 0.717) is 16.2 Å². The van der Waals surface area contributed by atoms with Gasteiger partial charge in [-0.15, -0.1) is 0 Å². The van der Waals surface area contributed by atoms with E-state index in [1.807, 2.05) is 25.1 Å². The van der Waals surface area contributed by atoms with Crippen molar-refractivity contribution >= 4 is 23.3 Å². The molecule has 0 atom stereocenters. The highest BCUT2D eigenvalue weighted by Gasteiger charge is 2.13. The van der Waals surface area contributed by atoms with E-state index >= 15 is 0 Å². The van der Waals surface area contributed by atoms with E-state index in [2.05, 4.69) is 4.98 Å². The molecule has 0 aliphatic rings. The third kappa shape index (κ3) is 1.91. The average molecular weight is 288 g/mol. The van der Waals surface area contributed by atoms with Gasteiger partial charge in [-0.05, 0) is 49.0 Å². The lowest BCUT2D eigenvalue weighted by Crippen LogP contribution is -1.98. The molecule has 0 aliphatic heterocycles. The fraction of sp³-hybridized carbons (Fsp3) is 0.133. The highest BCUT2D eigenvalue weighted by molar-refractivity contribution is 7.71. The van der Waals surface area contributed by atoms with Crippen molar-refractivity contribution in [3.8, 4) is 11.4 Å². The van der Waals surface area contributed by atoms with E-state index in [1.54, 1.807) is 23.8 Å². The van der Waals surface area contributed by atoms with E-state index in [9.17, 15) is 4.39 Å². The van der Waals surface area contributed by atoms with Crippen LogP contribution in [-0.2, 0) is 0 Å². The Balaban J connectivity index is 2.40. The molecule has 0 amide bonds. The summed E-state index contributed by atoms with van der Waals surface area (Å²) in [7, 11) is 1.59. The fourth-order valence-electron chi connectivity index (χ4n) is 2.31. The van der Waals surface area contributed by atoms with Gasteiger partial charge < -0.3 is 9.72 Å². The summed E-state index contributed by atoms with van der Waals surface area (Å²) in [6.07, 6.45) is 0. The van der Waals surface area contributed by atoms with Crippen LogP contribution in [0.1, 0.15) is 5.56 Å². The van der Waals surface area contributed by atoms with Crippen LogP contribution in [-0.4, -0.2) is 16.7 Å². The molecule has 0 radical (unpaired) electrons. The molecule has 0 fully saturated rings. The zero-order chi connectivity index (χ0) is 14.3. The number of hydrogen-bond acceptors (Lipinski definition) is 2. The first-order chi connectivity index (χ1) is 9.61. The summed E-state index contributed by atoms with van der Waals surface area (Å²) in [6, 6.07) is 10.5. The highest BCUT2D eigenvalue weighted by atomic mass is 32.1. The molecule has 3 aromatic rings. The minimum atomic E-state index is -0.310. The number of aromatic nitrogens is 2. The SMILES string of the molecule is COc1cccc2c1[nH]c(=S)n2-c1cc(C)ccc1F. The standard InChI is InChI=1S/C15H13FN2OS/c1-9-6-7-10(16)12(8-9)18-11-4-3-5-13(19-2)14(11)17-15(18)20/h3-8H,1-2H3,(H,17,20). The van der Waals surface area contributed by atoms with Gasteiger partial charge in [-0.3, -0.25) is 4.57 Å². The number of ether oxygens (including phenoxy) is 1. The number of aromatic amines is 1. The number of fused-ring (bicyclic) bond motifs is 1. The minimum absolute atomic E-state index is 0.310. The lowest BCUT2D eigenvalue weighted by atomic mass is 10.2. The molecule has 0 bridgehead atoms. The molecule has 5 heteroatoms. The monoisotopic (exact) mass is 288 g/mol. The van der Waals surface area contributed by atoms with E-state index in [1.165, 1.54) is 6.07 Å². The predicted molar refractivity (Wildman–Crippen MR) is 79.7 cm³/mol. The zero-order valence-corrected chi connectivity index (χ0v) is 11.9. The van der Waals surface area contributed by atoms with Gasteiger partial charge in [0.2, 0.25) is 0 Å². The van der Waals surface area contributed by atoms with Crippen molar-refractivity contribution in [3.05, 3.63) is 52.5 Å². The van der Waals surface area contributed by atoms with Crippen LogP contribution in [0.4, 0.5) is 4.39 Å². The first kappa shape index (κ1) is 12.9. The number of aryl methyl sites for hydroxylation is 1. The number of imidazole rings is 1. The molecule has 0 spiro atoms. The lowest BCUT2D eigenvalue weighted by Gasteiger charge is -2.08. The predicted octanol–water partition coefficient (Wildman–Crippen LogP) is 4.14. The molecule has 1 aromatic heterocycles. The summed E-state index contributed by atoms with van der Waals surface area (Å²) in [6.45, 7) is 1.92. The third-order valence-corrected chi connectivity index (χ3v) is 3.53. The molecule has 0 aliphatic carbocycles. The van der Waals surface area contributed by atoms with Crippen LogP contribution in [0, 0.1) is 17.5 Å². The maximum Gasteiger partial charge on any atom is 0.182 e. The van der Waals surface area contributed by atoms with Crippen LogP contribution >= 0.6 is 12.2 Å². The number of benzene rings is 2. The van der Waals surface area contributed by atoms with Crippen molar-refractivity contribution in [2.45, 2.75) is 6.92 Å². The summed E-state index contributed by atoms with van der Waals surface area (Å²) in [5.41, 5.74) is 2.97. The molecule has 102 valence electrons. The second-order valence-electron chi connectivity index (χ2n) is 4.57. The Morgan fingerprint density at radius 3 is 2.80 bits per heavy atom. The Bertz CT molecular complexity index is 851. The average Bonchev–Trinajstić information content (AvgIpc) is 2.77. The van der Waals surface area contributed by atoms with Crippen molar-refractivity contribution < 1.29 is 9.13 Å². The van der Waals surface area contributed by atoms with Gasteiger partial charge in [-0.25, -0.2) is 4.39 Å². The molecular formula is C15H13FN2OS. The summed E-state index contributed by atoms with van der Waals surface area (Å²) >= 11 is 5.33. The van der Waals surface area contributed by atoms with Crippen molar-refractivity contribution in [3.63, 3.8) is 0 Å². The Morgan fingerprint density at radius 1 is 1.25 bits per heavy atom. The van der Waals surface area contributed by atoms with Gasteiger partial charge in [0.1, 0.15) is 17.1 Å². The van der Waals surface area contributed by atoms with Crippen molar-refractivity contribution in [2.24, 2.45) is 0 Å². The van der Waals surface area contributed by atoms with Gasteiger partial charge in [0.25, 0.3) is 0 Å². The first-order valence-corrected chi connectivity index (χ1v) is 6.57. The van der Waals surface area contributed by atoms with E-state index < -0.39 is 0 Å². The minimum Gasteiger partial charge on any atom is -0.494 e. The number of rotatable bonds is 2. The molecule has 3 nitrogen and oxygen atoms in total. The van der Waals surface area contributed by atoms with Gasteiger partial charge in [-0.1, -0.05) is 12.1 Å². The van der Waals surface area contributed by atoms with Crippen molar-refractivity contribution in [1.82, 2.24) is 9.55 Å². The van der Waals surface area contributed by atoms with Gasteiger partial charge in [-0.2, -0.15) is 0 Å². The van der Waals surface area contributed by atoms with Crippen LogP contribution in [0.25, 0.3) is 16.7 Å². The quantitative estimate of drug-likeness (QED) is 0.718. The number of para-hydroxylation sites is 1. The van der Waals surface area contributed by atoms with Crippen molar-refractivity contribution in [2.75, 3.05) is 7.11 Å². The number of nitrogens with one attached hydrogen (secondary N) is 1. The third-order valence-electron chi connectivity index (χ3n) is 3.24. The molecule has 0 saturated carbocycles. The normalized spacial score (nSPS) is 10.9. The summed E-state index contributed by atoms with van der Waals surface area (Å²) in [5, 5.41) is 0. The molecule has 3 rings (SSSR count). The van der Waals surface area contributed by atoms with E-state index in [0.717, 1.165) is 16.6 Å². The number of H-pyrrole nitrogens is 1. The fourth-order valence-corrected chi connectivity index (χ4v) is 2.61. The van der Waals surface area contributed by atoms with E-state index in [-0.39, 0.29) is 5.82 Å². The second-order valence-corrected chi connectivity index (χ2v) is 4.96. The van der Waals surface area contributed by atoms with Gasteiger partial charge in [0.15, 0.2) is 4.77 Å². The Labute approximate surface area is 120 Å². The highest BCUT2D eigenvalue weighted by Crippen LogP contribution is 2.28. The lowest BCUT2D eigenvalue weighted by molar-refractivity contribution is 0.419. The summed E-state index contributed by atoms with van der Waals surface area (Å²) < 4.78 is 21.5. The Kier molecular flexibility index (Phi) is 3.06. The van der Waals surface area contributed by atoms with Crippen LogP contribution in [0.3, 0.4) is 0 Å². The van der Waals surface area contributed by atoms with E-state index in [4.69, 9.17) is 17.0 Å². The number of hydrogen-bond donors (Lipinski definition) is 1. The Hall–Kier alpha value is -2.14. The van der Waals surface area contributed by atoms with Crippen LogP contribution < -0.4 is 4.74 Å². The molecular weight excluding hydrogens is 275 g/mol. The molecule has 0 saturated heterocycles. The first-order valence-electron chi connectivity index (χ1n) is 6.16. The molecule has 20 heavy (non-hydrogen) atoms. The Morgan fingerprint density at radius 2 is 2.05 bits per heavy atom. The maximum absolute atomic E-state index is 14.1. The van der Waals surface area contributed by atoms with Gasteiger partial charge in [0.05, 0.1) is 18.3 Å². The van der Waals surface area contributed by atoms with Crippen LogP contribution in [0.2, 0.25) is 0 Å². The second kappa shape index (κ2) is 4.76. The number of halogens is 1. The summed E-state index contributed by atoms with van der Waals surface area (Å²) in [4.78, 5) is 3.08. The van der Waals surface area contributed by atoms with Gasteiger partial charge in [0, 0.05) is 0 Å². The smallest absolute Gasteiger partial charge is 0.182 e. The molecule has 1 heterocycles. The maximum atomic E-state index is 14.1. The molecule has 1 N–H and O–H groups in total. The molecule has 2 aromatic carbocycles.